The molecule has 18 heavy (non-hydrogen) atoms. The maximum absolute atomic E-state index is 11.4. The van der Waals surface area contributed by atoms with Gasteiger partial charge in [0.25, 0.3) is 0 Å². The predicted octanol–water partition coefficient (Wildman–Crippen LogP) is 1.29. The molecule has 0 heterocycles. The molecule has 98 valence electrons. The fourth-order valence-corrected chi connectivity index (χ4v) is 1.53. The van der Waals surface area contributed by atoms with Crippen LogP contribution in [-0.4, -0.2) is 37.1 Å². The quantitative estimate of drug-likeness (QED) is 0.846. The molecule has 1 amide bonds. The van der Waals surface area contributed by atoms with E-state index in [0.717, 1.165) is 11.3 Å². The summed E-state index contributed by atoms with van der Waals surface area (Å²) in [6.45, 7) is 1.60. The molecule has 2 N–H and O–H groups in total. The highest BCUT2D eigenvalue weighted by Gasteiger charge is 2.09. The Hall–Kier alpha value is -1.75. The van der Waals surface area contributed by atoms with Crippen molar-refractivity contribution in [2.45, 2.75) is 6.92 Å². The van der Waals surface area contributed by atoms with E-state index >= 15 is 0 Å². The molecule has 5 nitrogen and oxygen atoms in total. The molecule has 0 aliphatic heterocycles. The average molecular weight is 271 g/mol. The average Bonchev–Trinajstić information content (AvgIpc) is 2.30. The number of nitrogens with zero attached hydrogens (tertiary/aromatic N) is 1. The number of carbonyl (C=O) groups is 2. The Morgan fingerprint density at radius 3 is 2.67 bits per heavy atom. The number of hydrogen-bond acceptors (Lipinski definition) is 3. The minimum absolute atomic E-state index is 0.0761. The van der Waals surface area contributed by atoms with Crippen molar-refractivity contribution in [1.29, 1.82) is 0 Å². The number of likely N-dealkylation sites (N-methyl/N-ethyl adjacent to an activating group) is 1. The monoisotopic (exact) mass is 270 g/mol. The van der Waals surface area contributed by atoms with Crippen molar-refractivity contribution in [1.82, 2.24) is 5.32 Å². The maximum atomic E-state index is 11.4. The van der Waals surface area contributed by atoms with Crippen LogP contribution in [0.2, 0.25) is 5.02 Å². The Morgan fingerprint density at radius 1 is 1.44 bits per heavy atom. The van der Waals surface area contributed by atoms with Crippen LogP contribution in [0.3, 0.4) is 0 Å². The Bertz CT molecular complexity index is 463. The molecule has 0 aromatic heterocycles. The summed E-state index contributed by atoms with van der Waals surface area (Å²) in [5, 5.41) is 11.4. The van der Waals surface area contributed by atoms with Crippen LogP contribution in [0, 0.1) is 6.92 Å². The topological polar surface area (TPSA) is 69.6 Å². The van der Waals surface area contributed by atoms with Gasteiger partial charge in [-0.05, 0) is 24.6 Å². The third kappa shape index (κ3) is 4.25. The van der Waals surface area contributed by atoms with E-state index in [2.05, 4.69) is 5.32 Å². The summed E-state index contributed by atoms with van der Waals surface area (Å²) >= 11 is 5.99. The molecule has 1 rings (SSSR count). The molecule has 1 aromatic rings. The first-order valence-corrected chi connectivity index (χ1v) is 5.73. The number of benzene rings is 1. The van der Waals surface area contributed by atoms with Crippen molar-refractivity contribution in [3.63, 3.8) is 0 Å². The van der Waals surface area contributed by atoms with E-state index in [9.17, 15) is 9.59 Å². The van der Waals surface area contributed by atoms with E-state index in [1.54, 1.807) is 18.0 Å². The summed E-state index contributed by atoms with van der Waals surface area (Å²) in [5.74, 6) is -1.42. The number of hydrogen-bond donors (Lipinski definition) is 2. The second-order valence-corrected chi connectivity index (χ2v) is 4.37. The molecule has 0 bridgehead atoms. The smallest absolute Gasteiger partial charge is 0.322 e. The Balaban J connectivity index is 2.59. The lowest BCUT2D eigenvalue weighted by Crippen LogP contribution is -2.37. The van der Waals surface area contributed by atoms with Crippen LogP contribution in [0.15, 0.2) is 18.2 Å². The van der Waals surface area contributed by atoms with Gasteiger partial charge in [0, 0.05) is 17.8 Å². The first-order valence-electron chi connectivity index (χ1n) is 5.36. The molecule has 6 heteroatoms. The molecule has 0 aliphatic rings. The standard InChI is InChI=1S/C12H15ClN2O3/c1-8-3-4-9(5-10(8)13)15(2)7-11(16)14-6-12(17)18/h3-5H,6-7H2,1-2H3,(H,14,16)(H,17,18). The van der Waals surface area contributed by atoms with Crippen LogP contribution in [0.1, 0.15) is 5.56 Å². The fraction of sp³-hybridized carbons (Fsp3) is 0.333. The first-order chi connectivity index (χ1) is 8.40. The molecule has 1 aromatic carbocycles. The minimum atomic E-state index is -1.07. The summed E-state index contributed by atoms with van der Waals surface area (Å²) in [4.78, 5) is 23.4. The van der Waals surface area contributed by atoms with Gasteiger partial charge >= 0.3 is 5.97 Å². The van der Waals surface area contributed by atoms with Gasteiger partial charge in [-0.25, -0.2) is 0 Å². The number of rotatable bonds is 5. The molecule has 0 aliphatic carbocycles. The SMILES string of the molecule is Cc1ccc(N(C)CC(=O)NCC(=O)O)cc1Cl. The lowest BCUT2D eigenvalue weighted by Gasteiger charge is -2.19. The summed E-state index contributed by atoms with van der Waals surface area (Å²) in [7, 11) is 1.74. The van der Waals surface area contributed by atoms with Crippen molar-refractivity contribution < 1.29 is 14.7 Å². The maximum Gasteiger partial charge on any atom is 0.322 e. The molecule has 0 spiro atoms. The molecule has 0 saturated heterocycles. The van der Waals surface area contributed by atoms with E-state index in [1.807, 2.05) is 19.1 Å². The number of anilines is 1. The van der Waals surface area contributed by atoms with Gasteiger partial charge in [0.2, 0.25) is 5.91 Å². The second kappa shape index (κ2) is 6.26. The summed E-state index contributed by atoms with van der Waals surface area (Å²) < 4.78 is 0. The van der Waals surface area contributed by atoms with E-state index in [1.165, 1.54) is 0 Å². The summed E-state index contributed by atoms with van der Waals surface area (Å²) in [6, 6.07) is 5.48. The van der Waals surface area contributed by atoms with Crippen LogP contribution in [0.25, 0.3) is 0 Å². The highest BCUT2D eigenvalue weighted by atomic mass is 35.5. The highest BCUT2D eigenvalue weighted by molar-refractivity contribution is 6.31. The molecule has 0 fully saturated rings. The van der Waals surface area contributed by atoms with Gasteiger partial charge in [0.05, 0.1) is 6.54 Å². The van der Waals surface area contributed by atoms with Crippen molar-refractivity contribution in [2.75, 3.05) is 25.0 Å². The van der Waals surface area contributed by atoms with Crippen molar-refractivity contribution in [3.05, 3.63) is 28.8 Å². The number of carboxylic acid groups (broad SMARTS) is 1. The van der Waals surface area contributed by atoms with Crippen LogP contribution in [-0.2, 0) is 9.59 Å². The van der Waals surface area contributed by atoms with E-state index in [0.29, 0.717) is 5.02 Å². The van der Waals surface area contributed by atoms with E-state index in [4.69, 9.17) is 16.7 Å². The van der Waals surface area contributed by atoms with Crippen LogP contribution >= 0.6 is 11.6 Å². The number of carboxylic acids is 1. The predicted molar refractivity (Wildman–Crippen MR) is 70.1 cm³/mol. The van der Waals surface area contributed by atoms with Crippen LogP contribution in [0.4, 0.5) is 5.69 Å². The number of halogens is 1. The zero-order valence-corrected chi connectivity index (χ0v) is 11.0. The molecule has 0 radical (unpaired) electrons. The van der Waals surface area contributed by atoms with E-state index < -0.39 is 5.97 Å². The number of amides is 1. The molecule has 0 atom stereocenters. The number of aryl methyl sites for hydroxylation is 1. The van der Waals surface area contributed by atoms with Crippen LogP contribution < -0.4 is 10.2 Å². The Kier molecular flexibility index (Phi) is 4.97. The third-order valence-electron chi connectivity index (χ3n) is 2.41. The Labute approximate surface area is 110 Å². The normalized spacial score (nSPS) is 9.94. The molecular formula is C12H15ClN2O3. The third-order valence-corrected chi connectivity index (χ3v) is 2.82. The first kappa shape index (κ1) is 14.3. The number of nitrogens with one attached hydrogen (secondary N) is 1. The molecule has 0 saturated carbocycles. The summed E-state index contributed by atoms with van der Waals surface area (Å²) in [6.07, 6.45) is 0. The lowest BCUT2D eigenvalue weighted by atomic mass is 10.2. The molecular weight excluding hydrogens is 256 g/mol. The zero-order chi connectivity index (χ0) is 13.7. The number of aliphatic carboxylic acids is 1. The van der Waals surface area contributed by atoms with Crippen molar-refractivity contribution >= 4 is 29.2 Å². The van der Waals surface area contributed by atoms with Gasteiger partial charge in [-0.3, -0.25) is 9.59 Å². The highest BCUT2D eigenvalue weighted by Crippen LogP contribution is 2.22. The minimum Gasteiger partial charge on any atom is -0.480 e. The lowest BCUT2D eigenvalue weighted by molar-refractivity contribution is -0.137. The van der Waals surface area contributed by atoms with Gasteiger partial charge < -0.3 is 15.3 Å². The number of carbonyl (C=O) groups excluding carboxylic acids is 1. The van der Waals surface area contributed by atoms with Gasteiger partial charge in [0.1, 0.15) is 6.54 Å². The largest absolute Gasteiger partial charge is 0.480 e. The van der Waals surface area contributed by atoms with E-state index in [-0.39, 0.29) is 19.0 Å². The van der Waals surface area contributed by atoms with Gasteiger partial charge in [-0.2, -0.15) is 0 Å². The molecule has 0 unspecified atom stereocenters. The van der Waals surface area contributed by atoms with Gasteiger partial charge in [-0.15, -0.1) is 0 Å². The fourth-order valence-electron chi connectivity index (χ4n) is 1.36. The van der Waals surface area contributed by atoms with Crippen LogP contribution in [0.5, 0.6) is 0 Å². The van der Waals surface area contributed by atoms with Gasteiger partial charge in [-0.1, -0.05) is 17.7 Å². The second-order valence-electron chi connectivity index (χ2n) is 3.96. The van der Waals surface area contributed by atoms with Crippen molar-refractivity contribution in [3.8, 4) is 0 Å². The Morgan fingerprint density at radius 2 is 2.11 bits per heavy atom. The zero-order valence-electron chi connectivity index (χ0n) is 10.2. The van der Waals surface area contributed by atoms with Gasteiger partial charge in [0.15, 0.2) is 0 Å². The van der Waals surface area contributed by atoms with Crippen molar-refractivity contribution in [2.24, 2.45) is 0 Å². The summed E-state index contributed by atoms with van der Waals surface area (Å²) in [5.41, 5.74) is 1.76.